The van der Waals surface area contributed by atoms with Crippen molar-refractivity contribution in [2.24, 2.45) is 0 Å². The molecule has 1 N–H and O–H groups in total. The number of pyridine rings is 1. The van der Waals surface area contributed by atoms with Crippen LogP contribution in [0.15, 0.2) is 18.2 Å². The fourth-order valence-electron chi connectivity index (χ4n) is 2.22. The maximum Gasteiger partial charge on any atom is 0.0770 e. The second-order valence-electron chi connectivity index (χ2n) is 6.32. The molecule has 1 aromatic carbocycles. The number of anilines is 1. The molecule has 0 atom stereocenters. The largest absolute Gasteiger partial charge is 0.384 e. The third kappa shape index (κ3) is 2.90. The number of fused-ring (bicyclic) bond motifs is 1. The van der Waals surface area contributed by atoms with Crippen molar-refractivity contribution in [3.05, 3.63) is 34.5 Å². The number of rotatable bonds is 3. The first-order chi connectivity index (χ1) is 9.34. The van der Waals surface area contributed by atoms with Gasteiger partial charge < -0.3 is 5.32 Å². The van der Waals surface area contributed by atoms with E-state index >= 15 is 0 Å². The Morgan fingerprint density at radius 2 is 1.95 bits per heavy atom. The van der Waals surface area contributed by atoms with Crippen LogP contribution in [0.1, 0.15) is 45.4 Å². The quantitative estimate of drug-likeness (QED) is 0.828. The Hall–Kier alpha value is -1.28. The third-order valence-corrected chi connectivity index (χ3v) is 3.76. The lowest BCUT2D eigenvalue weighted by atomic mass is 9.90. The summed E-state index contributed by atoms with van der Waals surface area (Å²) in [6, 6.07) is 6.13. The highest BCUT2D eigenvalue weighted by Gasteiger charge is 2.19. The van der Waals surface area contributed by atoms with E-state index in [4.69, 9.17) is 16.6 Å². The molecular weight excluding hydrogens is 268 g/mol. The van der Waals surface area contributed by atoms with E-state index in [0.29, 0.717) is 0 Å². The van der Waals surface area contributed by atoms with Gasteiger partial charge in [0.25, 0.3) is 0 Å². The summed E-state index contributed by atoms with van der Waals surface area (Å²) in [7, 11) is 0. The van der Waals surface area contributed by atoms with E-state index in [-0.39, 0.29) is 5.41 Å². The van der Waals surface area contributed by atoms with Gasteiger partial charge in [-0.2, -0.15) is 0 Å². The van der Waals surface area contributed by atoms with Crippen LogP contribution in [0.4, 0.5) is 5.69 Å². The number of halogens is 1. The minimum absolute atomic E-state index is 0.0194. The summed E-state index contributed by atoms with van der Waals surface area (Å²) in [5.41, 5.74) is 4.37. The van der Waals surface area contributed by atoms with Crippen molar-refractivity contribution < 1.29 is 0 Å². The molecule has 0 radical (unpaired) electrons. The van der Waals surface area contributed by atoms with Crippen molar-refractivity contribution in [3.8, 4) is 0 Å². The molecule has 0 aliphatic rings. The van der Waals surface area contributed by atoms with Crippen LogP contribution in [0.3, 0.4) is 0 Å². The SMILES string of the molecule is CCCNc1cc(C(C)(C)C)nc2c(C)ccc(Cl)c12. The molecule has 2 nitrogen and oxygen atoms in total. The van der Waals surface area contributed by atoms with Crippen molar-refractivity contribution in [2.75, 3.05) is 11.9 Å². The number of hydrogen-bond donors (Lipinski definition) is 1. The van der Waals surface area contributed by atoms with Gasteiger partial charge in [-0.15, -0.1) is 0 Å². The van der Waals surface area contributed by atoms with E-state index in [2.05, 4.69) is 46.0 Å². The van der Waals surface area contributed by atoms with E-state index < -0.39 is 0 Å². The van der Waals surface area contributed by atoms with Gasteiger partial charge in [0, 0.05) is 28.7 Å². The first-order valence-corrected chi connectivity index (χ1v) is 7.56. The second-order valence-corrected chi connectivity index (χ2v) is 6.73. The molecule has 0 fully saturated rings. The Morgan fingerprint density at radius 1 is 1.25 bits per heavy atom. The molecule has 0 aliphatic carbocycles. The molecule has 0 saturated heterocycles. The van der Waals surface area contributed by atoms with Gasteiger partial charge in [0.15, 0.2) is 0 Å². The number of benzene rings is 1. The summed E-state index contributed by atoms with van der Waals surface area (Å²) in [6.45, 7) is 11.7. The smallest absolute Gasteiger partial charge is 0.0770 e. The van der Waals surface area contributed by atoms with Crippen molar-refractivity contribution in [1.29, 1.82) is 0 Å². The van der Waals surface area contributed by atoms with Crippen LogP contribution in [0.25, 0.3) is 10.9 Å². The minimum Gasteiger partial charge on any atom is -0.384 e. The van der Waals surface area contributed by atoms with Gasteiger partial charge in [0.05, 0.1) is 10.5 Å². The van der Waals surface area contributed by atoms with Crippen molar-refractivity contribution in [2.45, 2.75) is 46.5 Å². The van der Waals surface area contributed by atoms with Crippen LogP contribution < -0.4 is 5.32 Å². The third-order valence-electron chi connectivity index (χ3n) is 3.45. The standard InChI is InChI=1S/C17H23ClN2/c1-6-9-19-13-10-14(17(3,4)5)20-16-11(2)7-8-12(18)15(13)16/h7-8,10H,6,9H2,1-5H3,(H,19,20). The van der Waals surface area contributed by atoms with Crippen LogP contribution in [0, 0.1) is 6.92 Å². The van der Waals surface area contributed by atoms with Crippen LogP contribution in [0.2, 0.25) is 5.02 Å². The average Bonchev–Trinajstić information content (AvgIpc) is 2.39. The number of aryl methyl sites for hydroxylation is 1. The van der Waals surface area contributed by atoms with E-state index in [1.807, 2.05) is 12.1 Å². The lowest BCUT2D eigenvalue weighted by molar-refractivity contribution is 0.571. The molecule has 0 amide bonds. The Balaban J connectivity index is 2.74. The Bertz CT molecular complexity index is 627. The van der Waals surface area contributed by atoms with Gasteiger partial charge in [-0.25, -0.2) is 0 Å². The Morgan fingerprint density at radius 3 is 2.55 bits per heavy atom. The molecule has 20 heavy (non-hydrogen) atoms. The zero-order chi connectivity index (χ0) is 14.9. The summed E-state index contributed by atoms with van der Waals surface area (Å²) in [6.07, 6.45) is 1.08. The highest BCUT2D eigenvalue weighted by Crippen LogP contribution is 2.35. The monoisotopic (exact) mass is 290 g/mol. The molecule has 108 valence electrons. The van der Waals surface area contributed by atoms with E-state index in [1.165, 1.54) is 0 Å². The van der Waals surface area contributed by atoms with Gasteiger partial charge in [0.2, 0.25) is 0 Å². The predicted octanol–water partition coefficient (Wildman–Crippen LogP) is 5.32. The first-order valence-electron chi connectivity index (χ1n) is 7.18. The number of aromatic nitrogens is 1. The molecule has 0 bridgehead atoms. The normalized spacial score (nSPS) is 11.9. The maximum absolute atomic E-state index is 6.40. The second kappa shape index (κ2) is 5.61. The summed E-state index contributed by atoms with van der Waals surface area (Å²) >= 11 is 6.40. The number of hydrogen-bond acceptors (Lipinski definition) is 2. The number of nitrogens with one attached hydrogen (secondary N) is 1. The van der Waals surface area contributed by atoms with Crippen LogP contribution >= 0.6 is 11.6 Å². The minimum atomic E-state index is 0.0194. The van der Waals surface area contributed by atoms with Gasteiger partial charge >= 0.3 is 0 Å². The molecule has 0 aliphatic heterocycles. The van der Waals surface area contributed by atoms with Gasteiger partial charge in [-0.05, 0) is 31.0 Å². The van der Waals surface area contributed by atoms with E-state index in [0.717, 1.165) is 45.8 Å². The molecule has 2 aromatic rings. The molecule has 0 unspecified atom stereocenters. The zero-order valence-electron chi connectivity index (χ0n) is 13.0. The van der Waals surface area contributed by atoms with Crippen molar-refractivity contribution in [3.63, 3.8) is 0 Å². The maximum atomic E-state index is 6.40. The van der Waals surface area contributed by atoms with Crippen molar-refractivity contribution >= 4 is 28.2 Å². The van der Waals surface area contributed by atoms with Gasteiger partial charge in [-0.1, -0.05) is 45.4 Å². The summed E-state index contributed by atoms with van der Waals surface area (Å²) in [4.78, 5) is 4.85. The zero-order valence-corrected chi connectivity index (χ0v) is 13.7. The topological polar surface area (TPSA) is 24.9 Å². The van der Waals surface area contributed by atoms with Crippen LogP contribution in [-0.4, -0.2) is 11.5 Å². The predicted molar refractivity (Wildman–Crippen MR) is 89.0 cm³/mol. The molecule has 0 spiro atoms. The summed E-state index contributed by atoms with van der Waals surface area (Å²) in [5.74, 6) is 0. The highest BCUT2D eigenvalue weighted by atomic mass is 35.5. The lowest BCUT2D eigenvalue weighted by Gasteiger charge is -2.21. The first kappa shape index (κ1) is 15.1. The Kier molecular flexibility index (Phi) is 4.24. The van der Waals surface area contributed by atoms with E-state index in [1.54, 1.807) is 0 Å². The average molecular weight is 291 g/mol. The molecular formula is C17H23ClN2. The fourth-order valence-corrected chi connectivity index (χ4v) is 2.47. The molecule has 3 heteroatoms. The van der Waals surface area contributed by atoms with Crippen LogP contribution in [0.5, 0.6) is 0 Å². The number of nitrogens with zero attached hydrogens (tertiary/aromatic N) is 1. The molecule has 1 aromatic heterocycles. The molecule has 2 rings (SSSR count). The van der Waals surface area contributed by atoms with Crippen molar-refractivity contribution in [1.82, 2.24) is 4.98 Å². The highest BCUT2D eigenvalue weighted by molar-refractivity contribution is 6.36. The van der Waals surface area contributed by atoms with E-state index in [9.17, 15) is 0 Å². The fraction of sp³-hybridized carbons (Fsp3) is 0.471. The molecule has 1 heterocycles. The van der Waals surface area contributed by atoms with Gasteiger partial charge in [-0.3, -0.25) is 4.98 Å². The lowest BCUT2D eigenvalue weighted by Crippen LogP contribution is -2.15. The summed E-state index contributed by atoms with van der Waals surface area (Å²) in [5, 5.41) is 5.29. The summed E-state index contributed by atoms with van der Waals surface area (Å²) < 4.78 is 0. The Labute approximate surface area is 126 Å². The van der Waals surface area contributed by atoms with Crippen LogP contribution in [-0.2, 0) is 5.41 Å². The van der Waals surface area contributed by atoms with Gasteiger partial charge in [0.1, 0.15) is 0 Å². The molecule has 0 saturated carbocycles.